The van der Waals surface area contributed by atoms with Gasteiger partial charge in [-0.05, 0) is 25.0 Å². The van der Waals surface area contributed by atoms with Crippen molar-refractivity contribution in [1.82, 2.24) is 19.4 Å². The Bertz CT molecular complexity index is 1020. The van der Waals surface area contributed by atoms with E-state index in [-0.39, 0.29) is 11.9 Å². The van der Waals surface area contributed by atoms with E-state index >= 15 is 0 Å². The van der Waals surface area contributed by atoms with Crippen molar-refractivity contribution in [2.24, 2.45) is 0 Å². The molecule has 0 bridgehead atoms. The van der Waals surface area contributed by atoms with E-state index in [9.17, 15) is 9.59 Å². The molecule has 3 aromatic rings. The van der Waals surface area contributed by atoms with E-state index in [1.165, 1.54) is 7.11 Å². The molecule has 1 aliphatic rings. The van der Waals surface area contributed by atoms with E-state index in [0.29, 0.717) is 38.2 Å². The summed E-state index contributed by atoms with van der Waals surface area (Å²) in [6.45, 7) is 3.78. The molecule has 7 heteroatoms. The van der Waals surface area contributed by atoms with Gasteiger partial charge in [-0.1, -0.05) is 18.2 Å². The number of nitrogens with one attached hydrogen (secondary N) is 1. The fourth-order valence-electron chi connectivity index (χ4n) is 3.62. The summed E-state index contributed by atoms with van der Waals surface area (Å²) in [5.41, 5.74) is 3.73. The van der Waals surface area contributed by atoms with Gasteiger partial charge in [-0.15, -0.1) is 0 Å². The van der Waals surface area contributed by atoms with Crippen LogP contribution in [-0.2, 0) is 29.0 Å². The number of aromatic nitrogens is 3. The second kappa shape index (κ2) is 6.90. The van der Waals surface area contributed by atoms with Gasteiger partial charge in [-0.2, -0.15) is 0 Å². The highest BCUT2D eigenvalue weighted by atomic mass is 16.5. The first kappa shape index (κ1) is 17.3. The number of amides is 1. The number of aromatic amines is 1. The van der Waals surface area contributed by atoms with Crippen molar-refractivity contribution in [1.29, 1.82) is 0 Å². The summed E-state index contributed by atoms with van der Waals surface area (Å²) in [5, 5.41) is 1.04. The zero-order valence-electron chi connectivity index (χ0n) is 15.5. The van der Waals surface area contributed by atoms with Crippen LogP contribution in [0.4, 0.5) is 0 Å². The summed E-state index contributed by atoms with van der Waals surface area (Å²) < 4.78 is 6.80. The molecule has 0 saturated heterocycles. The van der Waals surface area contributed by atoms with Gasteiger partial charge < -0.3 is 19.2 Å². The molecule has 0 saturated carbocycles. The molecular weight excluding hydrogens is 344 g/mol. The number of hydrogen-bond donors (Lipinski definition) is 1. The first-order chi connectivity index (χ1) is 13.1. The van der Waals surface area contributed by atoms with Crippen LogP contribution in [-0.4, -0.2) is 45.0 Å². The van der Waals surface area contributed by atoms with Crippen LogP contribution in [0.5, 0.6) is 0 Å². The molecule has 1 aromatic carbocycles. The molecule has 4 rings (SSSR count). The summed E-state index contributed by atoms with van der Waals surface area (Å²) in [4.78, 5) is 33.8. The lowest BCUT2D eigenvalue weighted by atomic mass is 10.2. The summed E-state index contributed by atoms with van der Waals surface area (Å²) >= 11 is 0. The number of methoxy groups -OCH3 is 1. The zero-order valence-corrected chi connectivity index (χ0v) is 15.5. The number of esters is 1. The van der Waals surface area contributed by atoms with Gasteiger partial charge in [-0.25, -0.2) is 4.98 Å². The van der Waals surface area contributed by atoms with E-state index in [1.807, 2.05) is 36.1 Å². The molecule has 0 radical (unpaired) electrons. The fourth-order valence-corrected chi connectivity index (χ4v) is 3.62. The van der Waals surface area contributed by atoms with Gasteiger partial charge in [0.1, 0.15) is 11.5 Å². The number of H-pyrrole nitrogens is 1. The predicted molar refractivity (Wildman–Crippen MR) is 100 cm³/mol. The molecule has 1 amide bonds. The van der Waals surface area contributed by atoms with Crippen LogP contribution < -0.4 is 0 Å². The maximum absolute atomic E-state index is 12.9. The van der Waals surface area contributed by atoms with E-state index in [4.69, 9.17) is 4.74 Å². The topological polar surface area (TPSA) is 80.2 Å². The van der Waals surface area contributed by atoms with Crippen LogP contribution in [0, 0.1) is 6.92 Å². The maximum Gasteiger partial charge on any atom is 0.305 e. The molecule has 0 unspecified atom stereocenters. The molecule has 2 aromatic heterocycles. The Hall–Kier alpha value is -3.09. The molecule has 0 aliphatic carbocycles. The summed E-state index contributed by atoms with van der Waals surface area (Å²) in [5.74, 6) is 0.602. The van der Waals surface area contributed by atoms with Crippen LogP contribution in [0.25, 0.3) is 10.9 Å². The third kappa shape index (κ3) is 3.20. The Labute approximate surface area is 156 Å². The van der Waals surface area contributed by atoms with Crippen molar-refractivity contribution in [3.63, 3.8) is 0 Å². The smallest absolute Gasteiger partial charge is 0.305 e. The Kier molecular flexibility index (Phi) is 4.43. The van der Waals surface area contributed by atoms with E-state index in [1.54, 1.807) is 6.20 Å². The summed E-state index contributed by atoms with van der Waals surface area (Å²) in [7, 11) is 1.39. The monoisotopic (exact) mass is 366 g/mol. The minimum atomic E-state index is -0.229. The quantitative estimate of drug-likeness (QED) is 0.719. The number of aryl methyl sites for hydroxylation is 2. The molecule has 1 aliphatic heterocycles. The van der Waals surface area contributed by atoms with Gasteiger partial charge in [-0.3, -0.25) is 9.59 Å². The van der Waals surface area contributed by atoms with Gasteiger partial charge in [0, 0.05) is 35.9 Å². The van der Waals surface area contributed by atoms with Crippen molar-refractivity contribution < 1.29 is 14.3 Å². The molecule has 1 N–H and O–H groups in total. The second-order valence-corrected chi connectivity index (χ2v) is 6.84. The third-order valence-corrected chi connectivity index (χ3v) is 5.14. The van der Waals surface area contributed by atoms with Crippen LogP contribution in [0.2, 0.25) is 0 Å². The highest BCUT2D eigenvalue weighted by molar-refractivity contribution is 5.98. The molecular formula is C20H22N4O3. The molecule has 0 fully saturated rings. The Balaban J connectivity index is 1.50. The number of hydrogen-bond acceptors (Lipinski definition) is 4. The van der Waals surface area contributed by atoms with E-state index in [0.717, 1.165) is 28.0 Å². The minimum absolute atomic E-state index is 0.0176. The highest BCUT2D eigenvalue weighted by Gasteiger charge is 2.25. The van der Waals surface area contributed by atoms with Crippen LogP contribution >= 0.6 is 0 Å². The number of benzene rings is 1. The third-order valence-electron chi connectivity index (χ3n) is 5.14. The number of nitrogens with zero attached hydrogens (tertiary/aromatic N) is 3. The molecule has 27 heavy (non-hydrogen) atoms. The van der Waals surface area contributed by atoms with Gasteiger partial charge in [0.15, 0.2) is 0 Å². The average molecular weight is 366 g/mol. The SMILES string of the molecule is COC(=O)CCc1cnc2n1CCN(C(=O)c1cc3cccc(C)c3[nH]1)C2. The molecule has 0 spiro atoms. The number of para-hydroxylation sites is 1. The van der Waals surface area contributed by atoms with Crippen molar-refractivity contribution in [2.75, 3.05) is 13.7 Å². The number of carbonyl (C=O) groups excluding carboxylic acids is 2. The molecule has 7 nitrogen and oxygen atoms in total. The second-order valence-electron chi connectivity index (χ2n) is 6.84. The first-order valence-electron chi connectivity index (χ1n) is 9.04. The highest BCUT2D eigenvalue weighted by Crippen LogP contribution is 2.22. The van der Waals surface area contributed by atoms with Crippen LogP contribution in [0.1, 0.15) is 34.0 Å². The Morgan fingerprint density at radius 3 is 2.93 bits per heavy atom. The van der Waals surface area contributed by atoms with Gasteiger partial charge in [0.2, 0.25) is 0 Å². The first-order valence-corrected chi connectivity index (χ1v) is 9.04. The number of imidazole rings is 1. The minimum Gasteiger partial charge on any atom is -0.469 e. The van der Waals surface area contributed by atoms with Crippen molar-refractivity contribution in [3.05, 3.63) is 53.2 Å². The number of fused-ring (bicyclic) bond motifs is 2. The van der Waals surface area contributed by atoms with Gasteiger partial charge in [0.05, 0.1) is 20.1 Å². The lowest BCUT2D eigenvalue weighted by Gasteiger charge is -2.28. The zero-order chi connectivity index (χ0) is 19.0. The van der Waals surface area contributed by atoms with Crippen molar-refractivity contribution >= 4 is 22.8 Å². The lowest BCUT2D eigenvalue weighted by molar-refractivity contribution is -0.140. The fraction of sp³-hybridized carbons (Fsp3) is 0.350. The lowest BCUT2D eigenvalue weighted by Crippen LogP contribution is -2.39. The van der Waals surface area contributed by atoms with Crippen LogP contribution in [0.3, 0.4) is 0 Å². The summed E-state index contributed by atoms with van der Waals surface area (Å²) in [6.07, 6.45) is 2.71. The Morgan fingerprint density at radius 2 is 2.15 bits per heavy atom. The number of ether oxygens (including phenoxy) is 1. The predicted octanol–water partition coefficient (Wildman–Crippen LogP) is 2.43. The van der Waals surface area contributed by atoms with Crippen LogP contribution in [0.15, 0.2) is 30.5 Å². The molecule has 140 valence electrons. The molecule has 3 heterocycles. The van der Waals surface area contributed by atoms with Crippen molar-refractivity contribution in [3.8, 4) is 0 Å². The standard InChI is InChI=1S/C20H22N4O3/c1-13-4-3-5-14-10-16(22-19(13)14)20(26)23-8-9-24-15(6-7-18(25)27-2)11-21-17(24)12-23/h3-5,10-11,22H,6-9,12H2,1-2H3. The van der Waals surface area contributed by atoms with E-state index < -0.39 is 0 Å². The Morgan fingerprint density at radius 1 is 1.30 bits per heavy atom. The van der Waals surface area contributed by atoms with E-state index in [2.05, 4.69) is 14.5 Å². The largest absolute Gasteiger partial charge is 0.469 e. The maximum atomic E-state index is 12.9. The number of rotatable bonds is 4. The molecule has 0 atom stereocenters. The average Bonchev–Trinajstić information content (AvgIpc) is 3.30. The van der Waals surface area contributed by atoms with Gasteiger partial charge in [0.25, 0.3) is 5.91 Å². The number of carbonyl (C=O) groups is 2. The normalized spacial score (nSPS) is 13.6. The van der Waals surface area contributed by atoms with Crippen molar-refractivity contribution in [2.45, 2.75) is 32.9 Å². The summed E-state index contributed by atoms with van der Waals surface area (Å²) in [6, 6.07) is 7.94. The van der Waals surface area contributed by atoms with Gasteiger partial charge >= 0.3 is 5.97 Å².